The summed E-state index contributed by atoms with van der Waals surface area (Å²) >= 11 is 19.7. The van der Waals surface area contributed by atoms with Gasteiger partial charge in [0.25, 0.3) is 0 Å². The molecule has 2 N–H and O–H groups in total. The van der Waals surface area contributed by atoms with Crippen LogP contribution in [0.1, 0.15) is 30.6 Å². The Bertz CT molecular complexity index is 1450. The molecule has 4 heterocycles. The molecule has 2 amide bonds. The van der Waals surface area contributed by atoms with Gasteiger partial charge in [0.05, 0.1) is 15.9 Å². The summed E-state index contributed by atoms with van der Waals surface area (Å²) in [5, 5.41) is 1.13. The Balaban J connectivity index is 1.33. The van der Waals surface area contributed by atoms with E-state index >= 15 is 0 Å². The minimum atomic E-state index is -3.92. The van der Waals surface area contributed by atoms with Gasteiger partial charge in [-0.3, -0.25) is 9.59 Å². The quantitative estimate of drug-likeness (QED) is 0.396. The van der Waals surface area contributed by atoms with Gasteiger partial charge in [0, 0.05) is 36.0 Å². The van der Waals surface area contributed by atoms with Crippen molar-refractivity contribution in [2.45, 2.75) is 42.0 Å². The first-order chi connectivity index (χ1) is 18.3. The second kappa shape index (κ2) is 12.7. The lowest BCUT2D eigenvalue weighted by Crippen LogP contribution is -2.55. The summed E-state index contributed by atoms with van der Waals surface area (Å²) < 4.78 is 55.9. The predicted molar refractivity (Wildman–Crippen MR) is 154 cm³/mol. The number of nitrogens with zero attached hydrogens (tertiary/aromatic N) is 2. The minimum Gasteiger partial charge on any atom is -0.337 e. The average molecular weight is 676 g/mol. The zero-order valence-electron chi connectivity index (χ0n) is 20.3. The second-order valence-electron chi connectivity index (χ2n) is 8.98. The van der Waals surface area contributed by atoms with Gasteiger partial charge in [0.2, 0.25) is 31.9 Å². The number of piperidine rings is 1. The van der Waals surface area contributed by atoms with E-state index in [-0.39, 0.29) is 38.6 Å². The summed E-state index contributed by atoms with van der Waals surface area (Å²) in [5.74, 6) is -0.807. The van der Waals surface area contributed by atoms with Crippen LogP contribution >= 0.6 is 57.5 Å². The number of hydrogen-bond donors (Lipinski definition) is 2. The fourth-order valence-corrected chi connectivity index (χ4v) is 9.45. The summed E-state index contributed by atoms with van der Waals surface area (Å²) in [7, 11) is -7.78. The molecule has 214 valence electrons. The maximum Gasteiger partial charge on any atom is 0.250 e. The van der Waals surface area contributed by atoms with Gasteiger partial charge in [0.1, 0.15) is 14.6 Å². The molecule has 17 heteroatoms. The molecule has 39 heavy (non-hydrogen) atoms. The molecule has 2 aromatic heterocycles. The Hall–Kier alpha value is -1.23. The molecule has 0 unspecified atom stereocenters. The number of carbonyl (C=O) groups excluding carboxylic acids is 2. The van der Waals surface area contributed by atoms with Crippen LogP contribution in [-0.4, -0.2) is 76.7 Å². The van der Waals surface area contributed by atoms with Gasteiger partial charge in [-0.15, -0.1) is 22.7 Å². The molecule has 4 rings (SSSR count). The molecule has 2 aliphatic heterocycles. The Kier molecular flexibility index (Phi) is 10.0. The molecule has 0 aromatic carbocycles. The van der Waals surface area contributed by atoms with Gasteiger partial charge in [-0.25, -0.2) is 21.6 Å². The smallest absolute Gasteiger partial charge is 0.250 e. The van der Waals surface area contributed by atoms with Crippen molar-refractivity contribution in [1.82, 2.24) is 19.2 Å². The topological polar surface area (TPSA) is 133 Å². The lowest BCUT2D eigenvalue weighted by atomic mass is 10.1. The Morgan fingerprint density at radius 3 is 2.49 bits per heavy atom. The van der Waals surface area contributed by atoms with Crippen LogP contribution in [0.2, 0.25) is 13.7 Å². The highest BCUT2D eigenvalue weighted by Gasteiger charge is 2.36. The van der Waals surface area contributed by atoms with Crippen LogP contribution in [0.4, 0.5) is 0 Å². The van der Waals surface area contributed by atoms with Crippen molar-refractivity contribution in [3.05, 3.63) is 42.2 Å². The van der Waals surface area contributed by atoms with Crippen LogP contribution in [0, 0.1) is 0 Å². The monoisotopic (exact) mass is 674 g/mol. The Labute approximate surface area is 250 Å². The van der Waals surface area contributed by atoms with Crippen molar-refractivity contribution in [3.8, 4) is 0 Å². The zero-order chi connectivity index (χ0) is 28.4. The number of hydrogen-bond acceptors (Lipinski definition) is 8. The van der Waals surface area contributed by atoms with Crippen LogP contribution in [0.3, 0.4) is 0 Å². The van der Waals surface area contributed by atoms with Gasteiger partial charge in [-0.2, -0.15) is 4.72 Å². The summed E-state index contributed by atoms with van der Waals surface area (Å²) in [6.45, 7) is 0.522. The van der Waals surface area contributed by atoms with Crippen LogP contribution in [0.5, 0.6) is 0 Å². The van der Waals surface area contributed by atoms with Gasteiger partial charge >= 0.3 is 0 Å². The largest absolute Gasteiger partial charge is 0.337 e. The molecule has 2 aromatic rings. The van der Waals surface area contributed by atoms with Crippen molar-refractivity contribution >= 4 is 95.4 Å². The van der Waals surface area contributed by atoms with E-state index < -0.39 is 32.0 Å². The van der Waals surface area contributed by atoms with Crippen molar-refractivity contribution in [1.29, 1.82) is 0 Å². The van der Waals surface area contributed by atoms with E-state index in [1.807, 2.05) is 0 Å². The molecule has 2 atom stereocenters. The van der Waals surface area contributed by atoms with Crippen LogP contribution in [-0.2, 0) is 29.6 Å². The van der Waals surface area contributed by atoms with Gasteiger partial charge in [-0.1, -0.05) is 34.8 Å². The number of sulfonamides is 2. The van der Waals surface area contributed by atoms with Crippen molar-refractivity contribution in [2.24, 2.45) is 0 Å². The SMILES string of the molecule is O=C1[C@@H](NS(=O)(=O)/C=C/c2ccc(Cl)s2)CCCN1CC(=O)N1CCC[C@H]1CNS(=O)(=O)c1cc(Cl)c(Cl)s1. The summed E-state index contributed by atoms with van der Waals surface area (Å²) in [6.07, 6.45) is 3.51. The molecule has 0 bridgehead atoms. The number of likely N-dealkylation sites (tertiary alicyclic amines) is 2. The molecule has 2 aliphatic rings. The van der Waals surface area contributed by atoms with E-state index in [0.29, 0.717) is 48.0 Å². The first kappa shape index (κ1) is 30.7. The predicted octanol–water partition coefficient (Wildman–Crippen LogP) is 3.62. The van der Waals surface area contributed by atoms with Crippen molar-refractivity contribution < 1.29 is 26.4 Å². The van der Waals surface area contributed by atoms with Gasteiger partial charge < -0.3 is 9.80 Å². The fraction of sp³-hybridized carbons (Fsp3) is 0.455. The highest BCUT2D eigenvalue weighted by atomic mass is 35.5. The van der Waals surface area contributed by atoms with E-state index in [1.165, 1.54) is 28.4 Å². The number of nitrogens with one attached hydrogen (secondary N) is 2. The number of rotatable bonds is 10. The lowest BCUT2D eigenvalue weighted by Gasteiger charge is -2.34. The van der Waals surface area contributed by atoms with Crippen molar-refractivity contribution in [2.75, 3.05) is 26.2 Å². The Morgan fingerprint density at radius 2 is 1.82 bits per heavy atom. The second-order valence-corrected chi connectivity index (χ2v) is 16.4. The van der Waals surface area contributed by atoms with Gasteiger partial charge in [-0.05, 0) is 50.0 Å². The first-order valence-corrected chi connectivity index (χ1v) is 17.6. The molecule has 2 fully saturated rings. The number of thiophene rings is 2. The molecular weight excluding hydrogens is 651 g/mol. The average Bonchev–Trinajstić information content (AvgIpc) is 3.60. The molecule has 0 spiro atoms. The first-order valence-electron chi connectivity index (χ1n) is 11.8. The van der Waals surface area contributed by atoms with Crippen LogP contribution in [0.15, 0.2) is 27.8 Å². The third kappa shape index (κ3) is 7.95. The molecule has 10 nitrogen and oxygen atoms in total. The number of carbonyl (C=O) groups is 2. The molecular formula is C22H25Cl3N4O6S4. The number of halogens is 3. The zero-order valence-corrected chi connectivity index (χ0v) is 25.8. The third-order valence-electron chi connectivity index (χ3n) is 6.26. The maximum absolute atomic E-state index is 13.1. The van der Waals surface area contributed by atoms with E-state index in [9.17, 15) is 26.4 Å². The fourth-order valence-electron chi connectivity index (χ4n) is 4.39. The highest BCUT2D eigenvalue weighted by Crippen LogP contribution is 2.34. The number of amides is 2. The Morgan fingerprint density at radius 1 is 1.08 bits per heavy atom. The van der Waals surface area contributed by atoms with E-state index in [1.54, 1.807) is 17.0 Å². The lowest BCUT2D eigenvalue weighted by molar-refractivity contribution is -0.143. The third-order valence-corrected chi connectivity index (χ3v) is 12.3. The van der Waals surface area contributed by atoms with E-state index in [2.05, 4.69) is 9.44 Å². The van der Waals surface area contributed by atoms with Crippen molar-refractivity contribution in [3.63, 3.8) is 0 Å². The summed E-state index contributed by atoms with van der Waals surface area (Å²) in [4.78, 5) is 29.7. The minimum absolute atomic E-state index is 0.000626. The summed E-state index contributed by atoms with van der Waals surface area (Å²) in [6, 6.07) is 3.24. The molecule has 0 aliphatic carbocycles. The highest BCUT2D eigenvalue weighted by molar-refractivity contribution is 7.92. The maximum atomic E-state index is 13.1. The normalized spacial score (nSPS) is 20.8. The van der Waals surface area contributed by atoms with E-state index in [0.717, 1.165) is 16.7 Å². The summed E-state index contributed by atoms with van der Waals surface area (Å²) in [5.41, 5.74) is 0. The van der Waals surface area contributed by atoms with Gasteiger partial charge in [0.15, 0.2) is 0 Å². The molecule has 0 radical (unpaired) electrons. The van der Waals surface area contributed by atoms with E-state index in [4.69, 9.17) is 34.8 Å². The van der Waals surface area contributed by atoms with Crippen LogP contribution < -0.4 is 9.44 Å². The standard InChI is InChI=1S/C22H25Cl3N4O6S4/c23-16-11-20(37-21(16)25)39(34,35)26-12-14-3-1-9-29(14)19(30)13-28-8-2-4-17(22(28)31)27-38(32,33)10-7-15-5-6-18(24)36-15/h5-7,10-11,14,17,26-27H,1-4,8-9,12-13H2/b10-7+/t14-,17-/m0/s1. The molecule has 0 saturated carbocycles. The molecule has 2 saturated heterocycles. The van der Waals surface area contributed by atoms with Crippen LogP contribution in [0.25, 0.3) is 6.08 Å².